The van der Waals surface area contributed by atoms with Crippen molar-refractivity contribution >= 4 is 21.7 Å². The van der Waals surface area contributed by atoms with E-state index in [0.717, 1.165) is 81.5 Å². The first-order chi connectivity index (χ1) is 22.7. The summed E-state index contributed by atoms with van der Waals surface area (Å²) < 4.78 is 28.2. The molecule has 7 rings (SSSR count). The molecule has 5 aromatic rings. The third-order valence-electron chi connectivity index (χ3n) is 9.10. The maximum atomic E-state index is 11.5. The zero-order valence-electron chi connectivity index (χ0n) is 26.8. The average molecular weight is 622 g/mol. The van der Waals surface area contributed by atoms with Gasteiger partial charge < -0.3 is 28.6 Å². The summed E-state index contributed by atoms with van der Waals surface area (Å²) in [5.41, 5.74) is 7.50. The van der Waals surface area contributed by atoms with Crippen molar-refractivity contribution in [2.45, 2.75) is 64.5 Å². The molecule has 1 atom stereocenters. The van der Waals surface area contributed by atoms with Crippen LogP contribution in [-0.2, 0) is 40.3 Å². The quantitative estimate of drug-likeness (QED) is 0.0895. The van der Waals surface area contributed by atoms with E-state index in [2.05, 4.69) is 57.8 Å². The van der Waals surface area contributed by atoms with Gasteiger partial charge in [0.25, 0.3) is 0 Å². The first-order valence-corrected chi connectivity index (χ1v) is 16.5. The van der Waals surface area contributed by atoms with Gasteiger partial charge in [-0.1, -0.05) is 66.7 Å². The maximum absolute atomic E-state index is 11.5. The molecular weight excluding hydrogens is 578 g/mol. The number of aliphatic hydroxyl groups excluding tert-OH is 1. The van der Waals surface area contributed by atoms with Gasteiger partial charge in [-0.05, 0) is 49.6 Å². The Morgan fingerprint density at radius 1 is 1.00 bits per heavy atom. The van der Waals surface area contributed by atoms with Crippen molar-refractivity contribution < 1.29 is 24.1 Å². The Morgan fingerprint density at radius 2 is 1.83 bits per heavy atom. The first kappa shape index (κ1) is 30.7. The fourth-order valence-electron chi connectivity index (χ4n) is 6.86. The van der Waals surface area contributed by atoms with Crippen molar-refractivity contribution in [1.29, 1.82) is 0 Å². The van der Waals surface area contributed by atoms with Crippen LogP contribution in [0, 0.1) is 0 Å². The van der Waals surface area contributed by atoms with Crippen LogP contribution in [0.4, 0.5) is 0 Å². The molecule has 3 heterocycles. The molecule has 240 valence electrons. The molecule has 2 aromatic heterocycles. The molecule has 1 fully saturated rings. The molecule has 2 aliphatic rings. The Kier molecular flexibility index (Phi) is 9.21. The van der Waals surface area contributed by atoms with Gasteiger partial charge in [0.2, 0.25) is 0 Å². The summed E-state index contributed by atoms with van der Waals surface area (Å²) in [6, 6.07) is 21.0. The molecule has 3 aromatic carbocycles. The summed E-state index contributed by atoms with van der Waals surface area (Å²) in [7, 11) is 1.73. The SMILES string of the molecule is CCOC(O)c1c(CCCOc2cccc3ccccc23)c2cccc3c2n1C/C=C\COCc1c-3c(C2CC2)nn1CCOC. The zero-order chi connectivity index (χ0) is 31.5. The number of aromatic nitrogens is 3. The van der Waals surface area contributed by atoms with Crippen LogP contribution in [0.15, 0.2) is 72.8 Å². The fraction of sp³-hybridized carbons (Fsp3) is 0.395. The number of fused-ring (bicyclic) bond motifs is 3. The number of allylic oxidation sites excluding steroid dienone is 1. The third kappa shape index (κ3) is 5.98. The van der Waals surface area contributed by atoms with E-state index < -0.39 is 6.29 Å². The van der Waals surface area contributed by atoms with Gasteiger partial charge in [0.15, 0.2) is 6.29 Å². The predicted octanol–water partition coefficient (Wildman–Crippen LogP) is 7.31. The second-order valence-electron chi connectivity index (χ2n) is 12.1. The number of para-hydroxylation sites is 1. The molecule has 1 N–H and O–H groups in total. The molecule has 0 bridgehead atoms. The molecule has 1 saturated carbocycles. The summed E-state index contributed by atoms with van der Waals surface area (Å²) in [5.74, 6) is 1.34. The number of hydrogen-bond acceptors (Lipinski definition) is 6. The highest BCUT2D eigenvalue weighted by Gasteiger charge is 2.34. The zero-order valence-corrected chi connectivity index (χ0v) is 26.8. The van der Waals surface area contributed by atoms with E-state index in [1.54, 1.807) is 7.11 Å². The summed E-state index contributed by atoms with van der Waals surface area (Å²) in [5, 5.41) is 20.1. The van der Waals surface area contributed by atoms with Gasteiger partial charge in [-0.3, -0.25) is 4.68 Å². The molecule has 0 saturated heterocycles. The van der Waals surface area contributed by atoms with Gasteiger partial charge in [0.05, 0.1) is 55.6 Å². The number of rotatable bonds is 12. The first-order valence-electron chi connectivity index (χ1n) is 16.5. The van der Waals surface area contributed by atoms with Crippen molar-refractivity contribution in [2.24, 2.45) is 0 Å². The lowest BCUT2D eigenvalue weighted by molar-refractivity contribution is -0.103. The minimum absolute atomic E-state index is 0.408. The normalized spacial score (nSPS) is 16.3. The van der Waals surface area contributed by atoms with Crippen molar-refractivity contribution in [1.82, 2.24) is 14.3 Å². The predicted molar refractivity (Wildman–Crippen MR) is 180 cm³/mol. The minimum atomic E-state index is -1.05. The van der Waals surface area contributed by atoms with Crippen molar-refractivity contribution in [3.05, 3.63) is 95.5 Å². The van der Waals surface area contributed by atoms with Crippen molar-refractivity contribution in [3.63, 3.8) is 0 Å². The number of hydrogen-bond donors (Lipinski definition) is 1. The summed E-state index contributed by atoms with van der Waals surface area (Å²) in [4.78, 5) is 0. The summed E-state index contributed by atoms with van der Waals surface area (Å²) in [6.45, 7) is 5.68. The van der Waals surface area contributed by atoms with Gasteiger partial charge in [0.1, 0.15) is 5.75 Å². The summed E-state index contributed by atoms with van der Waals surface area (Å²) >= 11 is 0. The van der Waals surface area contributed by atoms with Gasteiger partial charge in [-0.15, -0.1) is 0 Å². The Balaban J connectivity index is 1.32. The van der Waals surface area contributed by atoms with Crippen LogP contribution < -0.4 is 4.74 Å². The lowest BCUT2D eigenvalue weighted by Crippen LogP contribution is -2.13. The van der Waals surface area contributed by atoms with Gasteiger partial charge >= 0.3 is 0 Å². The Hall–Kier alpha value is -3.95. The second kappa shape index (κ2) is 13.8. The Morgan fingerprint density at radius 3 is 2.67 bits per heavy atom. The van der Waals surface area contributed by atoms with Crippen LogP contribution in [0.3, 0.4) is 0 Å². The molecule has 1 unspecified atom stereocenters. The molecular formula is C38H43N3O5. The van der Waals surface area contributed by atoms with E-state index >= 15 is 0 Å². The lowest BCUT2D eigenvalue weighted by atomic mass is 9.96. The largest absolute Gasteiger partial charge is 0.493 e. The maximum Gasteiger partial charge on any atom is 0.196 e. The molecule has 1 aliphatic heterocycles. The number of aryl methyl sites for hydroxylation is 1. The van der Waals surface area contributed by atoms with E-state index in [9.17, 15) is 5.11 Å². The van der Waals surface area contributed by atoms with Crippen LogP contribution in [0.1, 0.15) is 61.0 Å². The van der Waals surface area contributed by atoms with E-state index in [-0.39, 0.29) is 0 Å². The highest BCUT2D eigenvalue weighted by atomic mass is 16.6. The number of benzene rings is 3. The Labute approximate surface area is 270 Å². The van der Waals surface area contributed by atoms with Gasteiger partial charge in [-0.2, -0.15) is 5.10 Å². The number of methoxy groups -OCH3 is 1. The van der Waals surface area contributed by atoms with Gasteiger partial charge in [-0.25, -0.2) is 0 Å². The van der Waals surface area contributed by atoms with Gasteiger partial charge in [0, 0.05) is 48.1 Å². The number of aliphatic hydroxyl groups is 1. The van der Waals surface area contributed by atoms with Crippen LogP contribution in [0.25, 0.3) is 32.8 Å². The molecule has 0 radical (unpaired) electrons. The van der Waals surface area contributed by atoms with E-state index in [1.807, 2.05) is 31.2 Å². The molecule has 1 aliphatic carbocycles. The topological polar surface area (TPSA) is 79.9 Å². The summed E-state index contributed by atoms with van der Waals surface area (Å²) in [6.07, 6.45) is 6.94. The van der Waals surface area contributed by atoms with E-state index in [0.29, 0.717) is 52.0 Å². The number of ether oxygens (including phenoxy) is 4. The van der Waals surface area contributed by atoms with Crippen LogP contribution in [0.5, 0.6) is 5.75 Å². The van der Waals surface area contributed by atoms with Crippen molar-refractivity contribution in [3.8, 4) is 16.9 Å². The number of nitrogens with zero attached hydrogens (tertiary/aromatic N) is 3. The van der Waals surface area contributed by atoms with Crippen LogP contribution in [-0.4, -0.2) is 53.0 Å². The molecule has 46 heavy (non-hydrogen) atoms. The standard InChI is InChI=1S/C38H43N3O5/c1-3-45-38(42)37-30(16-10-23-46-33-17-8-12-26-11-4-5-13-28(26)33)29-14-9-15-31-34-32(25-44-22-7-6-20-40(37)36(29)31)41(21-24-43-2)39-35(34)27-18-19-27/h4-9,11-15,17,27,38,42H,3,10,16,18-25H2,1-2H3/b7-6-. The molecule has 0 spiro atoms. The lowest BCUT2D eigenvalue weighted by Gasteiger charge is -2.17. The minimum Gasteiger partial charge on any atom is -0.493 e. The molecule has 8 nitrogen and oxygen atoms in total. The Bertz CT molecular complexity index is 1850. The van der Waals surface area contributed by atoms with Crippen molar-refractivity contribution in [2.75, 3.05) is 33.5 Å². The highest BCUT2D eigenvalue weighted by molar-refractivity contribution is 5.99. The average Bonchev–Trinajstić information content (AvgIpc) is 3.79. The highest BCUT2D eigenvalue weighted by Crippen LogP contribution is 2.48. The molecule has 0 amide bonds. The van der Waals surface area contributed by atoms with Crippen LogP contribution >= 0.6 is 0 Å². The van der Waals surface area contributed by atoms with E-state index in [1.165, 1.54) is 5.39 Å². The monoisotopic (exact) mass is 621 g/mol. The smallest absolute Gasteiger partial charge is 0.196 e. The van der Waals surface area contributed by atoms with Crippen LogP contribution in [0.2, 0.25) is 0 Å². The third-order valence-corrected chi connectivity index (χ3v) is 9.10. The fourth-order valence-corrected chi connectivity index (χ4v) is 6.86. The second-order valence-corrected chi connectivity index (χ2v) is 12.1. The molecule has 8 heteroatoms. The van der Waals surface area contributed by atoms with E-state index in [4.69, 9.17) is 24.0 Å².